The Hall–Kier alpha value is -11.6. The maximum Gasteiger partial charge on any atom is 0.255 e. The minimum absolute atomic E-state index is 0.0704. The fourth-order valence-corrected chi connectivity index (χ4v) is 11.9. The predicted octanol–water partition coefficient (Wildman–Crippen LogP) is 11.6. The maximum atomic E-state index is 12.7. The first-order valence-corrected chi connectivity index (χ1v) is 35.0. The lowest BCUT2D eigenvalue weighted by molar-refractivity contribution is 0.0945. The van der Waals surface area contributed by atoms with Gasteiger partial charge in [-0.2, -0.15) is 0 Å². The lowest BCUT2D eigenvalue weighted by atomic mass is 10.1. The third kappa shape index (κ3) is 17.8. The molecule has 0 saturated heterocycles. The molecule has 0 aromatic carbocycles. The van der Waals surface area contributed by atoms with Gasteiger partial charge in [-0.1, -0.05) is 33.6 Å². The zero-order valence-corrected chi connectivity index (χ0v) is 61.5. The Morgan fingerprint density at radius 2 is 0.779 bits per heavy atom. The average Bonchev–Trinajstić information content (AvgIpc) is 1.66. The summed E-state index contributed by atoms with van der Waals surface area (Å²) in [6, 6.07) is 11.8. The van der Waals surface area contributed by atoms with Crippen molar-refractivity contribution in [1.82, 2.24) is 94.0 Å². The van der Waals surface area contributed by atoms with Crippen molar-refractivity contribution >= 4 is 67.6 Å². The smallest absolute Gasteiger partial charge is 0.255 e. The first kappa shape index (κ1) is 75.0. The summed E-state index contributed by atoms with van der Waals surface area (Å²) < 4.78 is 29.2. The van der Waals surface area contributed by atoms with Crippen molar-refractivity contribution in [1.29, 1.82) is 0 Å². The number of ketones is 1. The molecule has 0 bridgehead atoms. The van der Waals surface area contributed by atoms with Crippen LogP contribution in [0.25, 0.3) is 44.1 Å². The second kappa shape index (κ2) is 35.3. The number of hydrogen-bond donors (Lipinski definition) is 3. The van der Waals surface area contributed by atoms with Crippen molar-refractivity contribution in [3.05, 3.63) is 190 Å². The van der Waals surface area contributed by atoms with Gasteiger partial charge in [0, 0.05) is 97.9 Å². The number of amides is 3. The molecule has 0 unspecified atom stereocenters. The first-order valence-electron chi connectivity index (χ1n) is 35.0. The van der Waals surface area contributed by atoms with E-state index in [1.807, 2.05) is 128 Å². The van der Waals surface area contributed by atoms with Crippen molar-refractivity contribution in [3.63, 3.8) is 0 Å². The molecule has 1 saturated carbocycles. The summed E-state index contributed by atoms with van der Waals surface area (Å²) in [5, 5.41) is 8.92. The summed E-state index contributed by atoms with van der Waals surface area (Å²) >= 11 is 0. The van der Waals surface area contributed by atoms with E-state index in [-0.39, 0.29) is 23.5 Å². The molecule has 1 fully saturated rings. The van der Waals surface area contributed by atoms with Gasteiger partial charge >= 0.3 is 0 Å². The number of nitrogens with one attached hydrogen (secondary N) is 3. The molecule has 12 heterocycles. The Bertz CT molecular complexity index is 5020. The van der Waals surface area contributed by atoms with Crippen LogP contribution in [-0.2, 0) is 26.2 Å². The molecule has 12 aromatic rings. The number of aromatic nitrogens is 16. The van der Waals surface area contributed by atoms with Gasteiger partial charge in [-0.25, -0.2) is 39.9 Å². The fraction of sp³-hybridized carbons (Fsp3) is 0.377. The molecule has 27 nitrogen and oxygen atoms in total. The number of rotatable bonds is 26. The number of ether oxygens (including phenoxy) is 4. The summed E-state index contributed by atoms with van der Waals surface area (Å²) in [6.07, 6.45) is 28.1. The molecular weight excluding hydrogens is 1320 g/mol. The van der Waals surface area contributed by atoms with Gasteiger partial charge < -0.3 is 53.2 Å². The maximum absolute atomic E-state index is 12.7. The van der Waals surface area contributed by atoms with Gasteiger partial charge in [0.05, 0.1) is 127 Å². The van der Waals surface area contributed by atoms with Crippen LogP contribution in [0.3, 0.4) is 0 Å². The third-order valence-corrected chi connectivity index (χ3v) is 18.0. The molecule has 1 aliphatic carbocycles. The van der Waals surface area contributed by atoms with Gasteiger partial charge in [-0.05, 0) is 127 Å². The van der Waals surface area contributed by atoms with Gasteiger partial charge in [0.25, 0.3) is 17.7 Å². The van der Waals surface area contributed by atoms with Gasteiger partial charge in [0.15, 0.2) is 5.78 Å². The lowest BCUT2D eigenvalue weighted by Gasteiger charge is -2.10. The molecular formula is C77H91N19O8. The fourth-order valence-electron chi connectivity index (χ4n) is 11.9. The Kier molecular flexibility index (Phi) is 25.5. The quantitative estimate of drug-likeness (QED) is 0.0335. The van der Waals surface area contributed by atoms with E-state index in [0.29, 0.717) is 114 Å². The van der Waals surface area contributed by atoms with Crippen molar-refractivity contribution < 1.29 is 38.1 Å². The van der Waals surface area contributed by atoms with Crippen molar-refractivity contribution in [2.75, 3.05) is 48.1 Å². The molecule has 0 spiro atoms. The number of fused-ring (bicyclic) bond motifs is 4. The van der Waals surface area contributed by atoms with E-state index in [4.69, 9.17) is 18.9 Å². The molecule has 13 rings (SSSR count). The predicted molar refractivity (Wildman–Crippen MR) is 397 cm³/mol. The molecule has 12 aromatic heterocycles. The van der Waals surface area contributed by atoms with E-state index in [0.717, 1.165) is 122 Å². The molecule has 0 atom stereocenters. The minimum Gasteiger partial charge on any atom is -0.481 e. The van der Waals surface area contributed by atoms with E-state index < -0.39 is 0 Å². The van der Waals surface area contributed by atoms with Crippen LogP contribution in [0, 0.1) is 47.5 Å². The summed E-state index contributed by atoms with van der Waals surface area (Å²) in [6.45, 7) is 22.0. The lowest BCUT2D eigenvalue weighted by Crippen LogP contribution is -2.25. The summed E-state index contributed by atoms with van der Waals surface area (Å²) in [5.41, 5.74) is 18.0. The second-order valence-corrected chi connectivity index (χ2v) is 25.5. The van der Waals surface area contributed by atoms with E-state index in [9.17, 15) is 19.2 Å². The molecule has 0 radical (unpaired) electrons. The third-order valence-electron chi connectivity index (χ3n) is 18.0. The molecule has 27 heteroatoms. The highest BCUT2D eigenvalue weighted by Crippen LogP contribution is 2.31. The molecule has 542 valence electrons. The Labute approximate surface area is 604 Å². The number of methoxy groups -OCH3 is 4. The highest BCUT2D eigenvalue weighted by molar-refractivity contribution is 6.08. The Morgan fingerprint density at radius 3 is 1.15 bits per heavy atom. The number of carbonyl (C=O) groups excluding carboxylic acids is 4. The monoisotopic (exact) mass is 1410 g/mol. The zero-order chi connectivity index (χ0) is 74.0. The van der Waals surface area contributed by atoms with Crippen LogP contribution < -0.4 is 34.9 Å². The van der Waals surface area contributed by atoms with Gasteiger partial charge in [-0.15, -0.1) is 0 Å². The van der Waals surface area contributed by atoms with Gasteiger partial charge in [0.1, 0.15) is 41.9 Å². The minimum atomic E-state index is -0.107. The summed E-state index contributed by atoms with van der Waals surface area (Å²) in [7, 11) is 6.37. The number of nitrogens with zero attached hydrogens (tertiary/aromatic N) is 16. The van der Waals surface area contributed by atoms with Crippen molar-refractivity contribution in [3.8, 4) is 23.5 Å². The van der Waals surface area contributed by atoms with Gasteiger partial charge in [-0.3, -0.25) is 39.1 Å². The molecule has 0 aliphatic heterocycles. The largest absolute Gasteiger partial charge is 0.481 e. The average molecular weight is 1410 g/mol. The number of hydrogen-bond acceptors (Lipinski definition) is 20. The SMILES string of the molecule is CCCCC(=O)c1cn(Cc2ncnc(OC)c2C)c2cccnc12.CCCCNC(=O)c1cn(Cc2ncnc(OC)c2C)c2cccnc12.CCCNC(=O)c1cn(Cc2ncnc(OC)c2C)c2cc(C)cnc12.COc1ncnc(Cn2cc(C(=O)NCC3CC3)c3ncc(C)cc32)c1C. The topological polar surface area (TPSA) is 316 Å². The van der Waals surface area contributed by atoms with E-state index in [2.05, 4.69) is 89.6 Å². The number of aryl methyl sites for hydroxylation is 2. The zero-order valence-electron chi connectivity index (χ0n) is 61.5. The first-order chi connectivity index (χ1) is 50.4. The normalized spacial score (nSPS) is 11.7. The highest BCUT2D eigenvalue weighted by atomic mass is 16.5. The van der Waals surface area contributed by atoms with Crippen LogP contribution in [0.2, 0.25) is 0 Å². The van der Waals surface area contributed by atoms with Crippen LogP contribution in [-0.4, -0.2) is 150 Å². The van der Waals surface area contributed by atoms with E-state index in [1.54, 1.807) is 53.2 Å². The Balaban J connectivity index is 0.000000149. The van der Waals surface area contributed by atoms with E-state index in [1.165, 1.54) is 38.2 Å². The van der Waals surface area contributed by atoms with Crippen molar-refractivity contribution in [2.45, 2.75) is 140 Å². The highest BCUT2D eigenvalue weighted by Gasteiger charge is 2.26. The second-order valence-electron chi connectivity index (χ2n) is 25.5. The standard InChI is InChI=1S/C20H23N5O2.2C19H23N5O2.C19H22N4O2/c1-12-6-17-18(21-7-12)15(19(26)22-8-14-4-5-14)9-25(17)10-16-13(2)20(27-3)24-11-23-16;1-5-6-20-18(25)14-9-24(16-7-12(2)8-21-17(14)16)10-15-13(3)19(26-4)23-11-22-15;1-4-5-8-21-18(25)14-10-24(16-7-6-9-20-17(14)16)11-15-13(2)19(26-3)23-12-22-15;1-4-5-8-17(24)14-10-23(16-7-6-9-20-18(14)16)11-15-13(2)19(25-3)22-12-21-15/h6-7,9,11,14H,4-5,8,10H2,1-3H3,(H,22,26);7-9,11H,5-6,10H2,1-4H3,(H,20,25);6-7,9-10,12H,4-5,8,11H2,1-3H3,(H,21,25);6-7,9-10,12H,4-5,8,11H2,1-3H3. The number of carbonyl (C=O) groups is 4. The summed E-state index contributed by atoms with van der Waals surface area (Å²) in [4.78, 5) is 102. The number of Topliss-reactive ketones (excluding diaryl/α,β-unsaturated/α-hetero) is 1. The molecule has 3 amide bonds. The Morgan fingerprint density at radius 1 is 0.423 bits per heavy atom. The van der Waals surface area contributed by atoms with Crippen LogP contribution in [0.4, 0.5) is 0 Å². The number of unbranched alkanes of at least 4 members (excludes halogenated alkanes) is 2. The molecule has 3 N–H and O–H groups in total. The van der Waals surface area contributed by atoms with Crippen molar-refractivity contribution in [2.24, 2.45) is 5.92 Å². The molecule has 1 aliphatic rings. The summed E-state index contributed by atoms with van der Waals surface area (Å²) in [5.74, 6) is 2.74. The van der Waals surface area contributed by atoms with Crippen LogP contribution >= 0.6 is 0 Å². The van der Waals surface area contributed by atoms with Crippen LogP contribution in [0.1, 0.15) is 170 Å². The molecule has 104 heavy (non-hydrogen) atoms. The number of pyridine rings is 4. The van der Waals surface area contributed by atoms with E-state index >= 15 is 0 Å². The van der Waals surface area contributed by atoms with Gasteiger partial charge in [0.2, 0.25) is 23.5 Å². The van der Waals surface area contributed by atoms with Crippen LogP contribution in [0.15, 0.2) is 111 Å². The van der Waals surface area contributed by atoms with Crippen LogP contribution in [0.5, 0.6) is 23.5 Å².